The number of nitrogens with one attached hydrogen (secondary N) is 1. The summed E-state index contributed by atoms with van der Waals surface area (Å²) in [5.41, 5.74) is 2.81. The molecule has 12 nitrogen and oxygen atoms in total. The van der Waals surface area contributed by atoms with Crippen molar-refractivity contribution in [1.29, 1.82) is 0 Å². The van der Waals surface area contributed by atoms with E-state index in [0.717, 1.165) is 16.6 Å². The van der Waals surface area contributed by atoms with Gasteiger partial charge in [-0.15, -0.1) is 0 Å². The van der Waals surface area contributed by atoms with E-state index in [-0.39, 0.29) is 18.0 Å². The molecule has 0 unspecified atom stereocenters. The van der Waals surface area contributed by atoms with Crippen LogP contribution in [0.25, 0.3) is 0 Å². The van der Waals surface area contributed by atoms with E-state index >= 15 is 0 Å². The first-order valence-electron chi connectivity index (χ1n) is 9.12. The molecule has 0 saturated heterocycles. The lowest BCUT2D eigenvalue weighted by Crippen LogP contribution is -2.01. The van der Waals surface area contributed by atoms with Gasteiger partial charge in [-0.25, -0.2) is 0 Å². The van der Waals surface area contributed by atoms with E-state index < -0.39 is 26.1 Å². The minimum absolute atomic E-state index is 0.0230. The molecule has 0 saturated carbocycles. The largest absolute Gasteiger partial charge is 0.488 e. The molecule has 0 heterocycles. The fourth-order valence-electron chi connectivity index (χ4n) is 2.68. The zero-order valence-electron chi connectivity index (χ0n) is 16.6. The first kappa shape index (κ1) is 23.3. The number of nitro groups is 3. The van der Waals surface area contributed by atoms with Crippen LogP contribution in [0.5, 0.6) is 5.75 Å². The van der Waals surface area contributed by atoms with Crippen molar-refractivity contribution in [2.45, 2.75) is 6.61 Å². The number of halogens is 1. The average Bonchev–Trinajstić information content (AvgIpc) is 2.78. The number of hydrazone groups is 1. The maximum absolute atomic E-state index is 11.2. The van der Waals surface area contributed by atoms with Crippen molar-refractivity contribution in [3.05, 3.63) is 107 Å². The Morgan fingerprint density at radius 2 is 1.55 bits per heavy atom. The quantitative estimate of drug-likeness (QED) is 0.230. The fraction of sp³-hybridized carbons (Fsp3) is 0.0500. The van der Waals surface area contributed by atoms with Crippen LogP contribution in [0, 0.1) is 30.3 Å². The molecule has 0 aliphatic carbocycles. The Balaban J connectivity index is 1.76. The number of nitro benzene ring substituents is 3. The van der Waals surface area contributed by atoms with Crippen LogP contribution >= 0.6 is 15.9 Å². The van der Waals surface area contributed by atoms with Crippen LogP contribution in [-0.4, -0.2) is 21.0 Å². The number of hydrogen-bond acceptors (Lipinski definition) is 9. The number of anilines is 1. The number of nitrogens with zero attached hydrogens (tertiary/aromatic N) is 4. The molecule has 0 bridgehead atoms. The minimum Gasteiger partial charge on any atom is -0.488 e. The molecular formula is C20H14BrN5O7. The van der Waals surface area contributed by atoms with Gasteiger partial charge in [0.15, 0.2) is 0 Å². The first-order valence-corrected chi connectivity index (χ1v) is 9.91. The second kappa shape index (κ2) is 10.3. The van der Waals surface area contributed by atoms with Gasteiger partial charge >= 0.3 is 5.69 Å². The predicted molar refractivity (Wildman–Crippen MR) is 123 cm³/mol. The summed E-state index contributed by atoms with van der Waals surface area (Å²) in [6.07, 6.45) is 1.38. The van der Waals surface area contributed by atoms with Crippen LogP contribution in [0.4, 0.5) is 22.7 Å². The van der Waals surface area contributed by atoms with E-state index in [1.165, 1.54) is 24.4 Å². The molecule has 1 N–H and O–H groups in total. The third-order valence-corrected chi connectivity index (χ3v) is 4.78. The van der Waals surface area contributed by atoms with Crippen molar-refractivity contribution in [1.82, 2.24) is 0 Å². The van der Waals surface area contributed by atoms with E-state index in [1.54, 1.807) is 30.3 Å². The summed E-state index contributed by atoms with van der Waals surface area (Å²) >= 11 is 3.35. The summed E-state index contributed by atoms with van der Waals surface area (Å²) in [7, 11) is 0. The molecule has 13 heteroatoms. The Hall–Kier alpha value is -4.39. The van der Waals surface area contributed by atoms with Gasteiger partial charge in [0.25, 0.3) is 11.4 Å². The average molecular weight is 516 g/mol. The molecule has 0 amide bonds. The first-order chi connectivity index (χ1) is 15.7. The molecule has 0 atom stereocenters. The van der Waals surface area contributed by atoms with Gasteiger partial charge in [-0.2, -0.15) is 5.10 Å². The summed E-state index contributed by atoms with van der Waals surface area (Å²) in [6.45, 7) is 0.141. The van der Waals surface area contributed by atoms with Gasteiger partial charge in [0.05, 0.1) is 27.1 Å². The van der Waals surface area contributed by atoms with Gasteiger partial charge < -0.3 is 4.74 Å². The third-order valence-electron chi connectivity index (χ3n) is 4.29. The van der Waals surface area contributed by atoms with Crippen LogP contribution in [-0.2, 0) is 6.61 Å². The third kappa shape index (κ3) is 6.07. The number of ether oxygens (including phenoxy) is 1. The number of rotatable bonds is 9. The van der Waals surface area contributed by atoms with Crippen LogP contribution < -0.4 is 10.2 Å². The van der Waals surface area contributed by atoms with Gasteiger partial charge in [0, 0.05) is 28.2 Å². The Bertz CT molecular complexity index is 1250. The lowest BCUT2D eigenvalue weighted by atomic mass is 10.2. The van der Waals surface area contributed by atoms with Gasteiger partial charge in [-0.1, -0.05) is 15.9 Å². The van der Waals surface area contributed by atoms with E-state index in [4.69, 9.17) is 4.74 Å². The monoisotopic (exact) mass is 515 g/mol. The van der Waals surface area contributed by atoms with E-state index in [9.17, 15) is 30.3 Å². The molecule has 0 spiro atoms. The molecule has 0 fully saturated rings. The molecule has 3 aromatic rings. The predicted octanol–water partition coefficient (Wildman–Crippen LogP) is 5.20. The number of hydrogen-bond donors (Lipinski definition) is 1. The number of non-ortho nitro benzene ring substituents is 2. The Morgan fingerprint density at radius 1 is 0.879 bits per heavy atom. The van der Waals surface area contributed by atoms with E-state index in [0.29, 0.717) is 16.9 Å². The van der Waals surface area contributed by atoms with E-state index in [2.05, 4.69) is 26.5 Å². The summed E-state index contributed by atoms with van der Waals surface area (Å²) in [4.78, 5) is 30.9. The van der Waals surface area contributed by atoms with Gasteiger partial charge in [-0.3, -0.25) is 35.8 Å². The SMILES string of the molecule is O=[N+]([O-])c1ccc(COc2ccc(Br)cc2/C=N/Nc2ccc([N+](=O)[O-])cc2[N+](=O)[O-])cc1. The minimum atomic E-state index is -0.747. The van der Waals surface area contributed by atoms with E-state index in [1.807, 2.05) is 0 Å². The summed E-state index contributed by atoms with van der Waals surface area (Å²) in [6, 6.07) is 14.2. The van der Waals surface area contributed by atoms with Crippen molar-refractivity contribution >= 4 is 44.9 Å². The van der Waals surface area contributed by atoms with Crippen LogP contribution in [0.1, 0.15) is 11.1 Å². The normalized spacial score (nSPS) is 10.7. The zero-order chi connectivity index (χ0) is 24.0. The fourth-order valence-corrected chi connectivity index (χ4v) is 3.06. The highest BCUT2D eigenvalue weighted by Gasteiger charge is 2.19. The Labute approximate surface area is 194 Å². The zero-order valence-corrected chi connectivity index (χ0v) is 18.2. The van der Waals surface area contributed by atoms with Crippen LogP contribution in [0.15, 0.2) is 70.2 Å². The van der Waals surface area contributed by atoms with Gasteiger partial charge in [0.1, 0.15) is 18.0 Å². The van der Waals surface area contributed by atoms with Crippen molar-refractivity contribution in [2.24, 2.45) is 5.10 Å². The van der Waals surface area contributed by atoms with Crippen LogP contribution in [0.2, 0.25) is 0 Å². The number of benzene rings is 3. The molecule has 3 aromatic carbocycles. The second-order valence-electron chi connectivity index (χ2n) is 6.48. The highest BCUT2D eigenvalue weighted by atomic mass is 79.9. The second-order valence-corrected chi connectivity index (χ2v) is 7.40. The van der Waals surface area contributed by atoms with Crippen molar-refractivity contribution < 1.29 is 19.5 Å². The lowest BCUT2D eigenvalue weighted by molar-refractivity contribution is -0.393. The van der Waals surface area contributed by atoms with Gasteiger partial charge in [-0.05, 0) is 42.0 Å². The standard InChI is InChI=1S/C20H14BrN5O7/c21-15-3-8-20(33-12-13-1-4-16(5-2-13)24(27)28)14(9-15)11-22-23-18-7-6-17(25(29)30)10-19(18)26(31)32/h1-11,23H,12H2/b22-11+. The van der Waals surface area contributed by atoms with Gasteiger partial charge in [0.2, 0.25) is 0 Å². The maximum Gasteiger partial charge on any atom is 0.301 e. The molecule has 0 aromatic heterocycles. The van der Waals surface area contributed by atoms with Crippen molar-refractivity contribution in [3.8, 4) is 5.75 Å². The molecule has 0 radical (unpaired) electrons. The van der Waals surface area contributed by atoms with Crippen LogP contribution in [0.3, 0.4) is 0 Å². The Morgan fingerprint density at radius 3 is 2.18 bits per heavy atom. The Kier molecular flexibility index (Phi) is 7.25. The smallest absolute Gasteiger partial charge is 0.301 e. The molecule has 3 rings (SSSR count). The summed E-state index contributed by atoms with van der Waals surface area (Å²) in [5, 5.41) is 36.8. The highest BCUT2D eigenvalue weighted by molar-refractivity contribution is 9.10. The molecule has 0 aliphatic rings. The maximum atomic E-state index is 11.2. The van der Waals surface area contributed by atoms with Crippen molar-refractivity contribution in [3.63, 3.8) is 0 Å². The molecule has 33 heavy (non-hydrogen) atoms. The summed E-state index contributed by atoms with van der Waals surface area (Å²) < 4.78 is 6.52. The topological polar surface area (TPSA) is 163 Å². The summed E-state index contributed by atoms with van der Waals surface area (Å²) in [5.74, 6) is 0.445. The molecular weight excluding hydrogens is 502 g/mol. The lowest BCUT2D eigenvalue weighted by Gasteiger charge is -2.10. The highest BCUT2D eigenvalue weighted by Crippen LogP contribution is 2.29. The molecule has 168 valence electrons. The molecule has 0 aliphatic heterocycles. The van der Waals surface area contributed by atoms with Crippen molar-refractivity contribution in [2.75, 3.05) is 5.43 Å².